The topological polar surface area (TPSA) is 105 Å². The molecule has 11 heteroatoms. The van der Waals surface area contributed by atoms with Crippen molar-refractivity contribution in [2.45, 2.75) is 92.9 Å². The van der Waals surface area contributed by atoms with E-state index in [2.05, 4.69) is 117 Å². The Morgan fingerprint density at radius 1 is 0.657 bits per heavy atom. The van der Waals surface area contributed by atoms with Crippen LogP contribution in [0.2, 0.25) is 0 Å². The largest absolute Gasteiger partial charge is 0.493 e. The van der Waals surface area contributed by atoms with E-state index in [1.165, 1.54) is 32.1 Å². The van der Waals surface area contributed by atoms with E-state index in [0.29, 0.717) is 65.7 Å². The highest BCUT2D eigenvalue weighted by molar-refractivity contribution is 7.19. The van der Waals surface area contributed by atoms with Crippen molar-refractivity contribution in [2.24, 2.45) is 11.8 Å². The number of ether oxygens (including phenoxy) is 5. The number of thiophene rings is 1. The first-order valence-electron chi connectivity index (χ1n) is 25.2. The molecule has 0 bridgehead atoms. The molecule has 1 aliphatic rings. The maximum absolute atomic E-state index is 13.0. The lowest BCUT2D eigenvalue weighted by atomic mass is 10.0. The van der Waals surface area contributed by atoms with E-state index in [1.807, 2.05) is 30.5 Å². The molecular formula is C59H66N4O6S. The molecule has 0 saturated carbocycles. The van der Waals surface area contributed by atoms with E-state index in [-0.39, 0.29) is 6.61 Å². The number of nitrogens with zero attached hydrogens (tertiary/aromatic N) is 4. The Morgan fingerprint density at radius 3 is 1.83 bits per heavy atom. The number of benzene rings is 3. The average molecular weight is 959 g/mol. The van der Waals surface area contributed by atoms with Crippen LogP contribution in [0.25, 0.3) is 43.7 Å². The molecular weight excluding hydrogens is 893 g/mol. The molecule has 0 radical (unpaired) electrons. The third kappa shape index (κ3) is 12.2. The van der Waals surface area contributed by atoms with E-state index >= 15 is 0 Å². The number of aryl methyl sites for hydroxylation is 1. The molecule has 0 fully saturated rings. The van der Waals surface area contributed by atoms with Gasteiger partial charge in [0.2, 0.25) is 0 Å². The normalized spacial score (nSPS) is 12.8. The fraction of sp³-hybridized carbons (Fsp3) is 0.356. The highest BCUT2D eigenvalue weighted by atomic mass is 32.1. The molecule has 2 atom stereocenters. The third-order valence-corrected chi connectivity index (χ3v) is 14.0. The summed E-state index contributed by atoms with van der Waals surface area (Å²) in [5.41, 5.74) is 8.85. The number of rotatable bonds is 23. The highest BCUT2D eigenvalue weighted by Gasteiger charge is 2.27. The summed E-state index contributed by atoms with van der Waals surface area (Å²) in [6.45, 7) is 15.4. The maximum atomic E-state index is 13.0. The number of carbonyl (C=O) groups excluding carboxylic acids is 1. The van der Waals surface area contributed by atoms with Gasteiger partial charge in [-0.3, -0.25) is 9.97 Å². The lowest BCUT2D eigenvalue weighted by Gasteiger charge is -2.26. The van der Waals surface area contributed by atoms with Crippen LogP contribution < -0.4 is 23.8 Å². The Labute approximate surface area is 418 Å². The molecule has 5 heterocycles. The van der Waals surface area contributed by atoms with Gasteiger partial charge < -0.3 is 28.6 Å². The summed E-state index contributed by atoms with van der Waals surface area (Å²) in [5.74, 6) is 3.80. The van der Waals surface area contributed by atoms with E-state index in [0.717, 1.165) is 86.6 Å². The quantitative estimate of drug-likeness (QED) is 0.0576. The predicted octanol–water partition coefficient (Wildman–Crippen LogP) is 15.4. The van der Waals surface area contributed by atoms with Crippen LogP contribution in [-0.2, 0) is 11.2 Å². The minimum Gasteiger partial charge on any atom is -0.493 e. The smallest absolute Gasteiger partial charge is 0.338 e. The van der Waals surface area contributed by atoms with Crippen molar-refractivity contribution in [2.75, 3.05) is 37.9 Å². The lowest BCUT2D eigenvalue weighted by molar-refractivity contribution is 0.0526. The highest BCUT2D eigenvalue weighted by Crippen LogP contribution is 2.54. The van der Waals surface area contributed by atoms with Gasteiger partial charge in [-0.25, -0.2) is 9.78 Å². The molecule has 10 nitrogen and oxygen atoms in total. The predicted molar refractivity (Wildman–Crippen MR) is 283 cm³/mol. The molecule has 0 N–H and O–H groups in total. The summed E-state index contributed by atoms with van der Waals surface area (Å²) in [6, 6.07) is 36.8. The summed E-state index contributed by atoms with van der Waals surface area (Å²) < 4.78 is 30.6. The van der Waals surface area contributed by atoms with Gasteiger partial charge in [-0.05, 0) is 146 Å². The van der Waals surface area contributed by atoms with E-state index in [4.69, 9.17) is 33.7 Å². The first-order chi connectivity index (χ1) is 34.3. The Balaban J connectivity index is 1.08. The fourth-order valence-electron chi connectivity index (χ4n) is 8.55. The number of fused-ring (bicyclic) bond motifs is 1. The van der Waals surface area contributed by atoms with Gasteiger partial charge >= 0.3 is 5.97 Å². The molecule has 8 rings (SSSR count). The molecule has 3 aromatic carbocycles. The molecule has 0 spiro atoms. The molecule has 2 unspecified atom stereocenters. The molecule has 364 valence electrons. The van der Waals surface area contributed by atoms with Crippen LogP contribution in [0, 0.1) is 11.8 Å². The van der Waals surface area contributed by atoms with Crippen LogP contribution in [0.4, 0.5) is 17.1 Å². The second-order valence-corrected chi connectivity index (χ2v) is 19.0. The van der Waals surface area contributed by atoms with Crippen LogP contribution in [0.3, 0.4) is 0 Å². The van der Waals surface area contributed by atoms with Gasteiger partial charge in [-0.15, -0.1) is 11.3 Å². The van der Waals surface area contributed by atoms with Crippen molar-refractivity contribution >= 4 is 34.4 Å². The Hall–Kier alpha value is -6.72. The maximum Gasteiger partial charge on any atom is 0.338 e. The first-order valence-corrected chi connectivity index (χ1v) is 26.0. The summed E-state index contributed by atoms with van der Waals surface area (Å²) in [7, 11) is 0. The summed E-state index contributed by atoms with van der Waals surface area (Å²) >= 11 is 1.61. The minimum atomic E-state index is -0.425. The average Bonchev–Trinajstić information content (AvgIpc) is 3.80. The number of hydrogen-bond acceptors (Lipinski definition) is 11. The molecule has 1 aliphatic heterocycles. The third-order valence-electron chi connectivity index (χ3n) is 12.7. The number of aromatic nitrogens is 3. The number of esters is 1. The number of hydrogen-bond donors (Lipinski definition) is 0. The molecule has 7 aromatic rings. The monoisotopic (exact) mass is 958 g/mol. The van der Waals surface area contributed by atoms with Crippen molar-refractivity contribution in [3.05, 3.63) is 133 Å². The summed E-state index contributed by atoms with van der Waals surface area (Å²) in [5, 5.41) is 0. The first kappa shape index (κ1) is 49.7. The van der Waals surface area contributed by atoms with Crippen molar-refractivity contribution in [3.63, 3.8) is 0 Å². The number of carbonyl (C=O) groups is 1. The zero-order valence-electron chi connectivity index (χ0n) is 41.5. The molecule has 0 aliphatic carbocycles. The molecule has 0 saturated heterocycles. The number of unbranched alkanes of at least 4 members (excludes halogenated alkanes) is 2. The van der Waals surface area contributed by atoms with Gasteiger partial charge in [0.05, 0.1) is 57.9 Å². The van der Waals surface area contributed by atoms with Gasteiger partial charge in [0.1, 0.15) is 24.7 Å². The van der Waals surface area contributed by atoms with E-state index in [1.54, 1.807) is 36.6 Å². The minimum absolute atomic E-state index is 0.261. The van der Waals surface area contributed by atoms with Crippen molar-refractivity contribution in [3.8, 4) is 66.7 Å². The fourth-order valence-corrected chi connectivity index (χ4v) is 9.73. The van der Waals surface area contributed by atoms with Gasteiger partial charge in [-0.1, -0.05) is 78.9 Å². The van der Waals surface area contributed by atoms with Crippen LogP contribution in [0.15, 0.2) is 122 Å². The van der Waals surface area contributed by atoms with Crippen molar-refractivity contribution < 1.29 is 28.5 Å². The van der Waals surface area contributed by atoms with Crippen molar-refractivity contribution in [1.82, 2.24) is 15.0 Å². The second-order valence-electron chi connectivity index (χ2n) is 18.0. The molecule has 4 aromatic heterocycles. The van der Waals surface area contributed by atoms with Crippen LogP contribution in [-0.4, -0.2) is 54.0 Å². The second kappa shape index (κ2) is 24.2. The SMILES string of the molecule is CCCCC(C)COc1ccc(N(c2ccc(OCC(CC)CCCC)cc2)c2ccc(-c3sc(-c4ccc(-c5cc(C(=O)OCC)cc(-c6cc(CC)ccn6)n5)nc4)c4c3OCCO4)cc2)cc1. The zero-order valence-corrected chi connectivity index (χ0v) is 42.4. The van der Waals surface area contributed by atoms with E-state index in [9.17, 15) is 4.79 Å². The zero-order chi connectivity index (χ0) is 48.8. The van der Waals surface area contributed by atoms with Crippen molar-refractivity contribution in [1.29, 1.82) is 0 Å². The number of anilines is 3. The standard InChI is InChI=1S/C59H66N4O6S/c1-7-12-14-40(6)38-68-49-25-21-47(22-26-49)63(48-23-27-50(28-24-48)69-39-42(10-4)15-13-8-2)46-19-16-43(17-20-46)57-55-56(67-33-32-66-55)58(70-57)44-18-29-51(61-37-44)53-35-45(59(64)65-11-5)36-54(62-53)52-34-41(9-3)30-31-60-52/h16-31,34-37,40,42H,7-15,32-33,38-39H2,1-6H3. The van der Waals surface area contributed by atoms with E-state index < -0.39 is 5.97 Å². The van der Waals surface area contributed by atoms with Crippen LogP contribution in [0.1, 0.15) is 102 Å². The number of pyridine rings is 3. The Kier molecular flexibility index (Phi) is 17.2. The summed E-state index contributed by atoms with van der Waals surface area (Å²) in [4.78, 5) is 31.6. The lowest BCUT2D eigenvalue weighted by Crippen LogP contribution is -2.14. The van der Waals surface area contributed by atoms with Gasteiger partial charge in [0, 0.05) is 35.0 Å². The Morgan fingerprint density at radius 2 is 1.24 bits per heavy atom. The van der Waals surface area contributed by atoms with Gasteiger partial charge in [0.25, 0.3) is 0 Å². The van der Waals surface area contributed by atoms with Gasteiger partial charge in [-0.2, -0.15) is 0 Å². The molecule has 70 heavy (non-hydrogen) atoms. The van der Waals surface area contributed by atoms with Crippen LogP contribution in [0.5, 0.6) is 23.0 Å². The summed E-state index contributed by atoms with van der Waals surface area (Å²) in [6.07, 6.45) is 12.7. The molecule has 0 amide bonds. The van der Waals surface area contributed by atoms with Gasteiger partial charge in [0.15, 0.2) is 11.5 Å². The van der Waals surface area contributed by atoms with Crippen LogP contribution >= 0.6 is 11.3 Å². The Bertz CT molecular complexity index is 2780.